The molecule has 2 aromatic carbocycles. The van der Waals surface area contributed by atoms with Crippen molar-refractivity contribution in [2.24, 2.45) is 0 Å². The summed E-state index contributed by atoms with van der Waals surface area (Å²) in [6.07, 6.45) is 5.77. The van der Waals surface area contributed by atoms with Gasteiger partial charge in [-0.1, -0.05) is 45.8 Å². The second-order valence-electron chi connectivity index (χ2n) is 8.20. The topological polar surface area (TPSA) is 52.1 Å². The molecule has 1 fully saturated rings. The van der Waals surface area contributed by atoms with Crippen LogP contribution in [0.5, 0.6) is 0 Å². The van der Waals surface area contributed by atoms with Gasteiger partial charge in [-0.05, 0) is 67.9 Å². The number of aliphatic hydroxyl groups excluding tert-OH is 1. The Morgan fingerprint density at radius 1 is 1.09 bits per heavy atom. The van der Waals surface area contributed by atoms with Crippen molar-refractivity contribution in [3.8, 4) is 23.1 Å². The van der Waals surface area contributed by atoms with Gasteiger partial charge in [-0.2, -0.15) is 0 Å². The highest BCUT2D eigenvalue weighted by Gasteiger charge is 2.14. The zero-order valence-electron chi connectivity index (χ0n) is 17.6. The summed E-state index contributed by atoms with van der Waals surface area (Å²) in [6.45, 7) is 2.91. The number of nitrogens with zero attached hydrogens (tertiary/aromatic N) is 2. The minimum Gasteiger partial charge on any atom is -0.392 e. The smallest absolute Gasteiger partial charge is 0.0734 e. The third kappa shape index (κ3) is 4.29. The average molecular weight is 509 g/mol. The third-order valence-electron chi connectivity index (χ3n) is 6.05. The maximum Gasteiger partial charge on any atom is 0.0734 e. The molecule has 0 unspecified atom stereocenters. The lowest BCUT2D eigenvalue weighted by Crippen LogP contribution is -2.29. The van der Waals surface area contributed by atoms with Gasteiger partial charge in [-0.3, -0.25) is 4.90 Å². The number of likely N-dealkylation sites (tertiary alicyclic amines) is 1. The molecule has 162 valence electrons. The van der Waals surface area contributed by atoms with E-state index in [9.17, 15) is 5.11 Å². The average Bonchev–Trinajstić information content (AvgIpc) is 3.22. The van der Waals surface area contributed by atoms with E-state index >= 15 is 0 Å². The number of aliphatic hydroxyl groups is 1. The maximum absolute atomic E-state index is 10.1. The van der Waals surface area contributed by atoms with Crippen LogP contribution in [0, 0.1) is 11.8 Å². The largest absolute Gasteiger partial charge is 0.392 e. The van der Waals surface area contributed by atoms with E-state index in [0.29, 0.717) is 5.02 Å². The van der Waals surface area contributed by atoms with Crippen molar-refractivity contribution in [2.45, 2.75) is 25.9 Å². The molecule has 2 aromatic heterocycles. The molecule has 4 nitrogen and oxygen atoms in total. The number of benzene rings is 2. The molecule has 0 radical (unpaired) electrons. The van der Waals surface area contributed by atoms with Crippen LogP contribution in [0.25, 0.3) is 33.1 Å². The van der Waals surface area contributed by atoms with Crippen LogP contribution in [0.3, 0.4) is 0 Å². The van der Waals surface area contributed by atoms with Gasteiger partial charge in [0.1, 0.15) is 0 Å². The van der Waals surface area contributed by atoms with Crippen LogP contribution in [0.2, 0.25) is 5.02 Å². The number of pyridine rings is 1. The van der Waals surface area contributed by atoms with Gasteiger partial charge in [0.2, 0.25) is 0 Å². The number of hydrogen-bond acceptors (Lipinski definition) is 3. The van der Waals surface area contributed by atoms with Gasteiger partial charge in [0.15, 0.2) is 0 Å². The molecule has 0 spiro atoms. The molecule has 1 aliphatic heterocycles. The van der Waals surface area contributed by atoms with Crippen LogP contribution in [-0.2, 0) is 6.61 Å². The first-order valence-corrected chi connectivity index (χ1v) is 12.0. The zero-order chi connectivity index (χ0) is 22.1. The van der Waals surface area contributed by atoms with Crippen molar-refractivity contribution >= 4 is 49.3 Å². The predicted octanol–water partition coefficient (Wildman–Crippen LogP) is 6.13. The predicted molar refractivity (Wildman–Crippen MR) is 135 cm³/mol. The molecule has 0 saturated carbocycles. The SMILES string of the molecule is OCc1cc(-c2c[nH]c3ccc(Br)cc23)nc2cc(Cl)c(C#CCN3CCCCC3)cc12. The van der Waals surface area contributed by atoms with Crippen LogP contribution in [-0.4, -0.2) is 39.6 Å². The molecule has 3 heterocycles. The maximum atomic E-state index is 10.1. The van der Waals surface area contributed by atoms with Gasteiger partial charge < -0.3 is 10.1 Å². The highest BCUT2D eigenvalue weighted by Crippen LogP contribution is 2.33. The Bertz CT molecular complexity index is 1360. The number of nitrogens with one attached hydrogen (secondary N) is 1. The van der Waals surface area contributed by atoms with Crippen LogP contribution in [0.1, 0.15) is 30.4 Å². The molecule has 6 heteroatoms. The van der Waals surface area contributed by atoms with E-state index < -0.39 is 0 Å². The van der Waals surface area contributed by atoms with Gasteiger partial charge in [-0.15, -0.1) is 0 Å². The third-order valence-corrected chi connectivity index (χ3v) is 6.85. The standard InChI is InChI=1S/C26H23BrClN3O/c27-19-6-7-24-21(13-19)22(15-29-24)25-12-18(16-32)20-11-17(23(28)14-26(20)30-25)5-4-10-31-8-2-1-3-9-31/h6-7,11-15,29,32H,1-3,8-10,16H2. The van der Waals surface area contributed by atoms with E-state index in [0.717, 1.165) is 68.3 Å². The minimum absolute atomic E-state index is 0.0830. The summed E-state index contributed by atoms with van der Waals surface area (Å²) >= 11 is 10.1. The summed E-state index contributed by atoms with van der Waals surface area (Å²) in [5.41, 5.74) is 5.15. The fraction of sp³-hybridized carbons (Fsp3) is 0.269. The minimum atomic E-state index is -0.0830. The monoisotopic (exact) mass is 507 g/mol. The highest BCUT2D eigenvalue weighted by molar-refractivity contribution is 9.10. The van der Waals surface area contributed by atoms with Crippen molar-refractivity contribution < 1.29 is 5.11 Å². The number of H-pyrrole nitrogens is 1. The second-order valence-corrected chi connectivity index (χ2v) is 9.53. The number of halogens is 2. The second kappa shape index (κ2) is 9.25. The summed E-state index contributed by atoms with van der Waals surface area (Å²) in [6, 6.07) is 11.9. The molecular formula is C26H23BrClN3O. The Hall–Kier alpha value is -2.36. The summed E-state index contributed by atoms with van der Waals surface area (Å²) < 4.78 is 1.00. The first-order valence-electron chi connectivity index (χ1n) is 10.8. The first kappa shape index (κ1) is 21.5. The van der Waals surface area contributed by atoms with Gasteiger partial charge in [0, 0.05) is 38.1 Å². The Kier molecular flexibility index (Phi) is 6.21. The van der Waals surface area contributed by atoms with Crippen molar-refractivity contribution in [1.29, 1.82) is 0 Å². The van der Waals surface area contributed by atoms with E-state index in [1.54, 1.807) is 0 Å². The van der Waals surface area contributed by atoms with Gasteiger partial charge in [0.25, 0.3) is 0 Å². The van der Waals surface area contributed by atoms with Crippen LogP contribution in [0.4, 0.5) is 0 Å². The molecule has 5 rings (SSSR count). The van der Waals surface area contributed by atoms with E-state index in [4.69, 9.17) is 16.6 Å². The molecule has 1 aliphatic rings. The number of hydrogen-bond donors (Lipinski definition) is 2. The lowest BCUT2D eigenvalue weighted by molar-refractivity contribution is 0.255. The van der Waals surface area contributed by atoms with Crippen molar-refractivity contribution in [3.63, 3.8) is 0 Å². The van der Waals surface area contributed by atoms with E-state index in [1.807, 2.05) is 36.5 Å². The summed E-state index contributed by atoms with van der Waals surface area (Å²) in [5.74, 6) is 6.51. The summed E-state index contributed by atoms with van der Waals surface area (Å²) in [5, 5.41) is 12.6. The number of fused-ring (bicyclic) bond motifs is 2. The Morgan fingerprint density at radius 3 is 2.75 bits per heavy atom. The number of piperidine rings is 1. The lowest BCUT2D eigenvalue weighted by Gasteiger charge is -2.23. The molecule has 0 bridgehead atoms. The van der Waals surface area contributed by atoms with Crippen LogP contribution in [0.15, 0.2) is 47.1 Å². The molecule has 0 aliphatic carbocycles. The Balaban J connectivity index is 1.53. The zero-order valence-corrected chi connectivity index (χ0v) is 19.9. The summed E-state index contributed by atoms with van der Waals surface area (Å²) in [4.78, 5) is 10.6. The molecule has 0 atom stereocenters. The van der Waals surface area contributed by atoms with Crippen LogP contribution >= 0.6 is 27.5 Å². The Labute approximate surface area is 200 Å². The lowest BCUT2D eigenvalue weighted by atomic mass is 10.0. The Morgan fingerprint density at radius 2 is 1.94 bits per heavy atom. The fourth-order valence-electron chi connectivity index (χ4n) is 4.35. The molecule has 2 N–H and O–H groups in total. The van der Waals surface area contributed by atoms with Gasteiger partial charge in [-0.25, -0.2) is 4.98 Å². The van der Waals surface area contributed by atoms with Crippen LogP contribution < -0.4 is 0 Å². The quantitative estimate of drug-likeness (QED) is 0.327. The normalized spacial score (nSPS) is 14.6. The molecule has 1 saturated heterocycles. The summed E-state index contributed by atoms with van der Waals surface area (Å²) in [7, 11) is 0. The highest BCUT2D eigenvalue weighted by atomic mass is 79.9. The first-order chi connectivity index (χ1) is 15.6. The molecule has 4 aromatic rings. The molecular weight excluding hydrogens is 486 g/mol. The van der Waals surface area contributed by atoms with Gasteiger partial charge >= 0.3 is 0 Å². The molecule has 32 heavy (non-hydrogen) atoms. The number of aromatic nitrogens is 2. The number of rotatable bonds is 3. The van der Waals surface area contributed by atoms with E-state index in [2.05, 4.69) is 43.7 Å². The van der Waals surface area contributed by atoms with Crippen molar-refractivity contribution in [2.75, 3.05) is 19.6 Å². The van der Waals surface area contributed by atoms with Gasteiger partial charge in [0.05, 0.1) is 29.4 Å². The van der Waals surface area contributed by atoms with Crippen molar-refractivity contribution in [1.82, 2.24) is 14.9 Å². The van der Waals surface area contributed by atoms with E-state index in [1.165, 1.54) is 19.3 Å². The fourth-order valence-corrected chi connectivity index (χ4v) is 4.92. The van der Waals surface area contributed by atoms with Crippen molar-refractivity contribution in [3.05, 3.63) is 63.2 Å². The van der Waals surface area contributed by atoms with E-state index in [-0.39, 0.29) is 6.61 Å². The number of aromatic amines is 1. The molecule has 0 amide bonds.